The first kappa shape index (κ1) is 17.0. The van der Waals surface area contributed by atoms with Crippen LogP contribution in [0.5, 0.6) is 0 Å². The minimum absolute atomic E-state index is 0.0590. The topological polar surface area (TPSA) is 108 Å². The third kappa shape index (κ3) is 3.81. The van der Waals surface area contributed by atoms with Gasteiger partial charge in [-0.2, -0.15) is 0 Å². The second kappa shape index (κ2) is 7.37. The zero-order valence-corrected chi connectivity index (χ0v) is 13.8. The van der Waals surface area contributed by atoms with Crippen molar-refractivity contribution in [1.29, 1.82) is 0 Å². The van der Waals surface area contributed by atoms with Crippen molar-refractivity contribution in [2.24, 2.45) is 0 Å². The molecule has 0 bridgehead atoms. The van der Waals surface area contributed by atoms with Crippen LogP contribution in [0.2, 0.25) is 0 Å². The van der Waals surface area contributed by atoms with Crippen LogP contribution in [0.15, 0.2) is 59.6 Å². The van der Waals surface area contributed by atoms with Crippen molar-refractivity contribution < 1.29 is 14.8 Å². The van der Waals surface area contributed by atoms with Gasteiger partial charge in [-0.05, 0) is 29.6 Å². The van der Waals surface area contributed by atoms with Gasteiger partial charge in [-0.25, -0.2) is 4.72 Å². The maximum atomic E-state index is 11.6. The van der Waals surface area contributed by atoms with Gasteiger partial charge in [0.05, 0.1) is 4.92 Å². The van der Waals surface area contributed by atoms with E-state index < -0.39 is 16.9 Å². The number of carboxylic acids is 1. The van der Waals surface area contributed by atoms with Gasteiger partial charge < -0.3 is 10.1 Å². The molecule has 3 N–H and O–H groups in total. The highest BCUT2D eigenvalue weighted by molar-refractivity contribution is 7.97. The molecule has 1 heterocycles. The number of nitro groups is 1. The number of fused-ring (bicyclic) bond motifs is 1. The standard InChI is InChI=1S/C17H15N3O4S/c21-17(22)14(9-11-10-18-13-6-2-1-5-12(11)13)19-25-16-8-4-3-7-15(16)20(23)24/h1-8,10,14,18-19H,9H2,(H,21,22). The molecule has 8 heteroatoms. The lowest BCUT2D eigenvalue weighted by Gasteiger charge is -2.13. The molecule has 0 saturated heterocycles. The predicted octanol–water partition coefficient (Wildman–Crippen LogP) is 3.37. The van der Waals surface area contributed by atoms with Crippen molar-refractivity contribution in [3.63, 3.8) is 0 Å². The Bertz CT molecular complexity index is 925. The van der Waals surface area contributed by atoms with Gasteiger partial charge in [0.2, 0.25) is 0 Å². The van der Waals surface area contributed by atoms with Crippen LogP contribution in [0.3, 0.4) is 0 Å². The Morgan fingerprint density at radius 3 is 2.72 bits per heavy atom. The van der Waals surface area contributed by atoms with Gasteiger partial charge in [-0.1, -0.05) is 30.3 Å². The summed E-state index contributed by atoms with van der Waals surface area (Å²) in [7, 11) is 0. The van der Waals surface area contributed by atoms with Crippen molar-refractivity contribution in [3.05, 3.63) is 70.4 Å². The maximum absolute atomic E-state index is 11.6. The summed E-state index contributed by atoms with van der Waals surface area (Å²) in [5.74, 6) is -1.02. The summed E-state index contributed by atoms with van der Waals surface area (Å²) in [4.78, 5) is 25.6. The number of hydrogen-bond acceptors (Lipinski definition) is 5. The number of carboxylic acid groups (broad SMARTS) is 1. The van der Waals surface area contributed by atoms with E-state index in [9.17, 15) is 20.0 Å². The van der Waals surface area contributed by atoms with Crippen LogP contribution >= 0.6 is 11.9 Å². The fourth-order valence-corrected chi connectivity index (χ4v) is 3.38. The summed E-state index contributed by atoms with van der Waals surface area (Å²) in [5, 5.41) is 21.5. The number of H-pyrrole nitrogens is 1. The SMILES string of the molecule is O=C(O)C(Cc1c[nH]c2ccccc12)NSc1ccccc1[N+](=O)[O-]. The lowest BCUT2D eigenvalue weighted by atomic mass is 10.1. The molecule has 1 aromatic heterocycles. The van der Waals surface area contributed by atoms with Gasteiger partial charge in [0.25, 0.3) is 5.69 Å². The van der Waals surface area contributed by atoms with Crippen LogP contribution < -0.4 is 4.72 Å². The van der Waals surface area contributed by atoms with Gasteiger partial charge in [-0.15, -0.1) is 0 Å². The second-order valence-electron chi connectivity index (χ2n) is 5.40. The number of nitrogens with zero attached hydrogens (tertiary/aromatic N) is 1. The number of aromatic nitrogens is 1. The molecule has 3 rings (SSSR count). The molecule has 0 aliphatic carbocycles. The molecule has 2 aromatic carbocycles. The van der Waals surface area contributed by atoms with Gasteiger partial charge in [0, 0.05) is 29.6 Å². The number of hydrogen-bond donors (Lipinski definition) is 3. The third-order valence-corrected chi connectivity index (χ3v) is 4.74. The maximum Gasteiger partial charge on any atom is 0.321 e. The monoisotopic (exact) mass is 357 g/mol. The van der Waals surface area contributed by atoms with Crippen LogP contribution in [-0.4, -0.2) is 27.0 Å². The van der Waals surface area contributed by atoms with Gasteiger partial charge in [-0.3, -0.25) is 14.9 Å². The highest BCUT2D eigenvalue weighted by Gasteiger charge is 2.21. The fourth-order valence-electron chi connectivity index (χ4n) is 2.53. The fraction of sp³-hybridized carbons (Fsp3) is 0.118. The minimum Gasteiger partial charge on any atom is -0.480 e. The molecule has 0 radical (unpaired) electrons. The van der Waals surface area contributed by atoms with Gasteiger partial charge in [0.15, 0.2) is 0 Å². The first-order valence-electron chi connectivity index (χ1n) is 7.50. The zero-order chi connectivity index (χ0) is 17.8. The average molecular weight is 357 g/mol. The van der Waals surface area contributed by atoms with Crippen LogP contribution in [-0.2, 0) is 11.2 Å². The Hall–Kier alpha value is -2.84. The highest BCUT2D eigenvalue weighted by Crippen LogP contribution is 2.27. The lowest BCUT2D eigenvalue weighted by molar-refractivity contribution is -0.387. The molecular weight excluding hydrogens is 342 g/mol. The number of rotatable bonds is 7. The zero-order valence-electron chi connectivity index (χ0n) is 13.0. The van der Waals surface area contributed by atoms with E-state index >= 15 is 0 Å². The van der Waals surface area contributed by atoms with E-state index in [2.05, 4.69) is 9.71 Å². The van der Waals surface area contributed by atoms with E-state index in [-0.39, 0.29) is 12.1 Å². The van der Waals surface area contributed by atoms with Crippen molar-refractivity contribution in [1.82, 2.24) is 9.71 Å². The number of aliphatic carboxylic acids is 1. The summed E-state index contributed by atoms with van der Waals surface area (Å²) < 4.78 is 2.83. The Morgan fingerprint density at radius 1 is 1.24 bits per heavy atom. The number of nitro benzene ring substituents is 1. The van der Waals surface area contributed by atoms with Crippen LogP contribution in [0.4, 0.5) is 5.69 Å². The summed E-state index contributed by atoms with van der Waals surface area (Å²) >= 11 is 0.956. The average Bonchev–Trinajstić information content (AvgIpc) is 3.01. The molecule has 25 heavy (non-hydrogen) atoms. The minimum atomic E-state index is -1.02. The Morgan fingerprint density at radius 2 is 1.96 bits per heavy atom. The molecule has 0 aliphatic heterocycles. The Kier molecular flexibility index (Phi) is 5.01. The molecule has 3 aromatic rings. The summed E-state index contributed by atoms with van der Waals surface area (Å²) in [6.07, 6.45) is 2.05. The van der Waals surface area contributed by atoms with Gasteiger partial charge >= 0.3 is 5.97 Å². The van der Waals surface area contributed by atoms with Crippen molar-refractivity contribution in [2.45, 2.75) is 17.4 Å². The number of nitrogens with one attached hydrogen (secondary N) is 2. The lowest BCUT2D eigenvalue weighted by Crippen LogP contribution is -2.34. The van der Waals surface area contributed by atoms with E-state index in [1.165, 1.54) is 6.07 Å². The molecule has 0 spiro atoms. The smallest absolute Gasteiger partial charge is 0.321 e. The number of para-hydroxylation sites is 2. The van der Waals surface area contributed by atoms with E-state index in [1.807, 2.05) is 24.3 Å². The first-order valence-corrected chi connectivity index (χ1v) is 8.31. The molecule has 1 atom stereocenters. The molecule has 0 aliphatic rings. The molecule has 0 amide bonds. The summed E-state index contributed by atoms with van der Waals surface area (Å²) in [6, 6.07) is 13.0. The second-order valence-corrected chi connectivity index (χ2v) is 6.28. The number of carbonyl (C=O) groups is 1. The molecule has 0 fully saturated rings. The molecule has 0 saturated carbocycles. The number of benzene rings is 2. The summed E-state index contributed by atoms with van der Waals surface area (Å²) in [6.45, 7) is 0. The largest absolute Gasteiger partial charge is 0.480 e. The van der Waals surface area contributed by atoms with E-state index in [0.29, 0.717) is 4.90 Å². The van der Waals surface area contributed by atoms with E-state index in [0.717, 1.165) is 28.4 Å². The van der Waals surface area contributed by atoms with Crippen molar-refractivity contribution in [2.75, 3.05) is 0 Å². The van der Waals surface area contributed by atoms with Crippen molar-refractivity contribution >= 4 is 34.5 Å². The van der Waals surface area contributed by atoms with Crippen LogP contribution in [0.1, 0.15) is 5.56 Å². The van der Waals surface area contributed by atoms with Gasteiger partial charge in [0.1, 0.15) is 10.9 Å². The van der Waals surface area contributed by atoms with Crippen molar-refractivity contribution in [3.8, 4) is 0 Å². The van der Waals surface area contributed by atoms with Crippen LogP contribution in [0.25, 0.3) is 10.9 Å². The van der Waals surface area contributed by atoms with Crippen LogP contribution in [0, 0.1) is 10.1 Å². The quantitative estimate of drug-likeness (QED) is 0.340. The third-order valence-electron chi connectivity index (χ3n) is 3.77. The van der Waals surface area contributed by atoms with E-state index in [4.69, 9.17) is 0 Å². The summed E-state index contributed by atoms with van der Waals surface area (Å²) in [5.41, 5.74) is 1.75. The molecular formula is C17H15N3O4S. The first-order chi connectivity index (χ1) is 12.1. The highest BCUT2D eigenvalue weighted by atomic mass is 32.2. The Balaban J connectivity index is 1.77. The predicted molar refractivity (Wildman–Crippen MR) is 95.5 cm³/mol. The van der Waals surface area contributed by atoms with E-state index in [1.54, 1.807) is 24.4 Å². The Labute approximate surface area is 147 Å². The number of aromatic amines is 1. The normalized spacial score (nSPS) is 12.2. The molecule has 1 unspecified atom stereocenters. The molecule has 128 valence electrons. The molecule has 7 nitrogen and oxygen atoms in total.